The standard InChI is InChI=1S/C17H23NO3/c1-3-15(12-7-5-4-6-8-12)18-16(19)13-9-11(2)10-14(13)17(20)21/h4-8,11,13-15H,3,9-10H2,1-2H3,(H,18,19)(H,20,21). The number of nitrogens with one attached hydrogen (secondary N) is 1. The number of carbonyl (C=O) groups excluding carboxylic acids is 1. The molecular formula is C17H23NO3. The Balaban J connectivity index is 2.07. The average molecular weight is 289 g/mol. The zero-order valence-corrected chi connectivity index (χ0v) is 12.6. The van der Waals surface area contributed by atoms with E-state index in [0.717, 1.165) is 12.0 Å². The molecule has 0 spiro atoms. The summed E-state index contributed by atoms with van der Waals surface area (Å²) in [7, 11) is 0. The van der Waals surface area contributed by atoms with Crippen molar-refractivity contribution in [3.8, 4) is 0 Å². The molecule has 0 saturated heterocycles. The van der Waals surface area contributed by atoms with Gasteiger partial charge in [0.15, 0.2) is 0 Å². The molecule has 0 bridgehead atoms. The normalized spacial score (nSPS) is 26.3. The van der Waals surface area contributed by atoms with E-state index < -0.39 is 17.8 Å². The maximum absolute atomic E-state index is 12.5. The zero-order valence-electron chi connectivity index (χ0n) is 12.6. The quantitative estimate of drug-likeness (QED) is 0.875. The van der Waals surface area contributed by atoms with Crippen molar-refractivity contribution < 1.29 is 14.7 Å². The molecule has 2 N–H and O–H groups in total. The van der Waals surface area contributed by atoms with E-state index in [4.69, 9.17) is 0 Å². The van der Waals surface area contributed by atoms with Gasteiger partial charge in [-0.05, 0) is 30.7 Å². The monoisotopic (exact) mass is 289 g/mol. The predicted octanol–water partition coefficient (Wildman–Crippen LogP) is 3.00. The van der Waals surface area contributed by atoms with Gasteiger partial charge >= 0.3 is 5.97 Å². The van der Waals surface area contributed by atoms with Crippen LogP contribution in [-0.2, 0) is 9.59 Å². The fourth-order valence-electron chi connectivity index (χ4n) is 3.24. The van der Waals surface area contributed by atoms with Crippen LogP contribution < -0.4 is 5.32 Å². The van der Waals surface area contributed by atoms with Crippen molar-refractivity contribution in [3.05, 3.63) is 35.9 Å². The molecule has 0 heterocycles. The molecule has 21 heavy (non-hydrogen) atoms. The first kappa shape index (κ1) is 15.5. The summed E-state index contributed by atoms with van der Waals surface area (Å²) in [6.07, 6.45) is 2.04. The minimum Gasteiger partial charge on any atom is -0.481 e. The molecule has 2 rings (SSSR count). The molecule has 1 saturated carbocycles. The van der Waals surface area contributed by atoms with Gasteiger partial charge < -0.3 is 10.4 Å². The van der Waals surface area contributed by atoms with Crippen LogP contribution in [0.3, 0.4) is 0 Å². The van der Waals surface area contributed by atoms with E-state index in [1.165, 1.54) is 0 Å². The van der Waals surface area contributed by atoms with Gasteiger partial charge in [0.05, 0.1) is 17.9 Å². The van der Waals surface area contributed by atoms with E-state index in [2.05, 4.69) is 5.32 Å². The third-order valence-electron chi connectivity index (χ3n) is 4.38. The molecule has 1 aromatic carbocycles. The van der Waals surface area contributed by atoms with Crippen molar-refractivity contribution >= 4 is 11.9 Å². The first-order chi connectivity index (χ1) is 10.0. The highest BCUT2D eigenvalue weighted by molar-refractivity contribution is 5.85. The Hall–Kier alpha value is -1.84. The molecule has 0 aliphatic heterocycles. The first-order valence-corrected chi connectivity index (χ1v) is 7.61. The Bertz CT molecular complexity index is 500. The van der Waals surface area contributed by atoms with Crippen LogP contribution in [-0.4, -0.2) is 17.0 Å². The third kappa shape index (κ3) is 3.63. The van der Waals surface area contributed by atoms with Crippen molar-refractivity contribution in [1.29, 1.82) is 0 Å². The number of hydrogen-bond acceptors (Lipinski definition) is 2. The highest BCUT2D eigenvalue weighted by atomic mass is 16.4. The lowest BCUT2D eigenvalue weighted by Crippen LogP contribution is -2.37. The van der Waals surface area contributed by atoms with E-state index in [9.17, 15) is 14.7 Å². The van der Waals surface area contributed by atoms with Gasteiger partial charge in [-0.2, -0.15) is 0 Å². The van der Waals surface area contributed by atoms with Crippen LogP contribution in [0.2, 0.25) is 0 Å². The van der Waals surface area contributed by atoms with E-state index in [1.54, 1.807) is 0 Å². The summed E-state index contributed by atoms with van der Waals surface area (Å²) in [5.41, 5.74) is 1.06. The van der Waals surface area contributed by atoms with Crippen molar-refractivity contribution in [2.45, 2.75) is 39.2 Å². The van der Waals surface area contributed by atoms with Crippen molar-refractivity contribution in [1.82, 2.24) is 5.32 Å². The lowest BCUT2D eigenvalue weighted by atomic mass is 9.94. The summed E-state index contributed by atoms with van der Waals surface area (Å²) in [4.78, 5) is 23.8. The van der Waals surface area contributed by atoms with Gasteiger partial charge in [0.2, 0.25) is 5.91 Å². The minimum atomic E-state index is -0.854. The highest BCUT2D eigenvalue weighted by Crippen LogP contribution is 2.37. The first-order valence-electron chi connectivity index (χ1n) is 7.61. The Labute approximate surface area is 125 Å². The SMILES string of the molecule is CCC(NC(=O)C1CC(C)CC1C(=O)O)c1ccccc1. The van der Waals surface area contributed by atoms with Crippen molar-refractivity contribution in [3.63, 3.8) is 0 Å². The maximum Gasteiger partial charge on any atom is 0.307 e. The van der Waals surface area contributed by atoms with Gasteiger partial charge in [-0.15, -0.1) is 0 Å². The summed E-state index contributed by atoms with van der Waals surface area (Å²) in [6, 6.07) is 9.76. The molecule has 4 heteroatoms. The number of carboxylic acid groups (broad SMARTS) is 1. The topological polar surface area (TPSA) is 66.4 Å². The molecule has 4 atom stereocenters. The zero-order chi connectivity index (χ0) is 15.4. The number of benzene rings is 1. The van der Waals surface area contributed by atoms with Crippen LogP contribution in [0.15, 0.2) is 30.3 Å². The maximum atomic E-state index is 12.5. The van der Waals surface area contributed by atoms with Gasteiger partial charge in [0.25, 0.3) is 0 Å². The number of aliphatic carboxylic acids is 1. The lowest BCUT2D eigenvalue weighted by molar-refractivity contribution is -0.146. The number of hydrogen-bond donors (Lipinski definition) is 2. The Kier molecular flexibility index (Phi) is 4.99. The van der Waals surface area contributed by atoms with Crippen LogP contribution >= 0.6 is 0 Å². The molecule has 1 aliphatic rings. The van der Waals surface area contributed by atoms with E-state index >= 15 is 0 Å². The molecule has 114 valence electrons. The van der Waals surface area contributed by atoms with Gasteiger partial charge in [0.1, 0.15) is 0 Å². The summed E-state index contributed by atoms with van der Waals surface area (Å²) < 4.78 is 0. The Morgan fingerprint density at radius 3 is 2.43 bits per heavy atom. The second kappa shape index (κ2) is 6.74. The summed E-state index contributed by atoms with van der Waals surface area (Å²) in [5, 5.41) is 12.3. The number of carboxylic acids is 1. The number of rotatable bonds is 5. The lowest BCUT2D eigenvalue weighted by Gasteiger charge is -2.22. The molecule has 1 amide bonds. The van der Waals surface area contributed by atoms with Crippen LogP contribution in [0, 0.1) is 17.8 Å². The fourth-order valence-corrected chi connectivity index (χ4v) is 3.24. The molecule has 0 radical (unpaired) electrons. The predicted molar refractivity (Wildman–Crippen MR) is 80.6 cm³/mol. The molecule has 0 aromatic heterocycles. The van der Waals surface area contributed by atoms with Crippen LogP contribution in [0.25, 0.3) is 0 Å². The van der Waals surface area contributed by atoms with Gasteiger partial charge in [-0.25, -0.2) is 0 Å². The summed E-state index contributed by atoms with van der Waals surface area (Å²) >= 11 is 0. The third-order valence-corrected chi connectivity index (χ3v) is 4.38. The molecule has 1 fully saturated rings. The molecule has 4 unspecified atom stereocenters. The number of carbonyl (C=O) groups is 2. The highest BCUT2D eigenvalue weighted by Gasteiger charge is 2.41. The van der Waals surface area contributed by atoms with Gasteiger partial charge in [-0.1, -0.05) is 44.2 Å². The fraction of sp³-hybridized carbons (Fsp3) is 0.529. The van der Waals surface area contributed by atoms with Gasteiger partial charge in [0, 0.05) is 0 Å². The van der Waals surface area contributed by atoms with Crippen molar-refractivity contribution in [2.24, 2.45) is 17.8 Å². The Morgan fingerprint density at radius 2 is 1.86 bits per heavy atom. The molecular weight excluding hydrogens is 266 g/mol. The second-order valence-electron chi connectivity index (χ2n) is 6.01. The average Bonchev–Trinajstić information content (AvgIpc) is 2.88. The van der Waals surface area contributed by atoms with E-state index in [1.807, 2.05) is 44.2 Å². The molecule has 1 aromatic rings. The molecule has 4 nitrogen and oxygen atoms in total. The van der Waals surface area contributed by atoms with Crippen LogP contribution in [0.5, 0.6) is 0 Å². The number of amides is 1. The largest absolute Gasteiger partial charge is 0.481 e. The molecule has 1 aliphatic carbocycles. The van der Waals surface area contributed by atoms with Crippen LogP contribution in [0.1, 0.15) is 44.7 Å². The van der Waals surface area contributed by atoms with Crippen molar-refractivity contribution in [2.75, 3.05) is 0 Å². The second-order valence-corrected chi connectivity index (χ2v) is 6.01. The van der Waals surface area contributed by atoms with E-state index in [0.29, 0.717) is 18.8 Å². The Morgan fingerprint density at radius 1 is 1.24 bits per heavy atom. The summed E-state index contributed by atoms with van der Waals surface area (Å²) in [6.45, 7) is 4.03. The minimum absolute atomic E-state index is 0.0518. The van der Waals surface area contributed by atoms with Crippen LogP contribution in [0.4, 0.5) is 0 Å². The van der Waals surface area contributed by atoms with Gasteiger partial charge in [-0.3, -0.25) is 9.59 Å². The van der Waals surface area contributed by atoms with E-state index in [-0.39, 0.29) is 11.9 Å². The summed E-state index contributed by atoms with van der Waals surface area (Å²) in [5.74, 6) is -1.64. The smallest absolute Gasteiger partial charge is 0.307 e.